The molecule has 0 aliphatic heterocycles. The molecule has 0 saturated heterocycles. The zero-order chi connectivity index (χ0) is 21.3. The molecule has 0 bridgehead atoms. The minimum Gasteiger partial charge on any atom is -0.346 e. The summed E-state index contributed by atoms with van der Waals surface area (Å²) in [4.78, 5) is 32.9. The van der Waals surface area contributed by atoms with Gasteiger partial charge in [0, 0.05) is 34.6 Å². The van der Waals surface area contributed by atoms with E-state index in [4.69, 9.17) is 0 Å². The fraction of sp³-hybridized carbons (Fsp3) is 0.150. The smallest absolute Gasteiger partial charge is 0.284 e. The summed E-state index contributed by atoms with van der Waals surface area (Å²) in [6.07, 6.45) is 1.86. The Morgan fingerprint density at radius 3 is 2.80 bits per heavy atom. The molecular weight excluding hydrogens is 422 g/mol. The van der Waals surface area contributed by atoms with Crippen LogP contribution < -0.4 is 5.32 Å². The van der Waals surface area contributed by atoms with Crippen LogP contribution in [-0.2, 0) is 6.54 Å². The van der Waals surface area contributed by atoms with Crippen LogP contribution >= 0.6 is 23.1 Å². The van der Waals surface area contributed by atoms with Crippen molar-refractivity contribution in [3.8, 4) is 0 Å². The monoisotopic (exact) mass is 439 g/mol. The third kappa shape index (κ3) is 4.19. The van der Waals surface area contributed by atoms with Crippen molar-refractivity contribution in [2.75, 3.05) is 0 Å². The van der Waals surface area contributed by atoms with E-state index in [0.717, 1.165) is 21.4 Å². The van der Waals surface area contributed by atoms with E-state index >= 15 is 0 Å². The highest BCUT2D eigenvalue weighted by molar-refractivity contribution is 8.01. The maximum Gasteiger partial charge on any atom is 0.284 e. The molecule has 4 aromatic rings. The van der Waals surface area contributed by atoms with Gasteiger partial charge in [0.05, 0.1) is 22.1 Å². The zero-order valence-electron chi connectivity index (χ0n) is 16.2. The summed E-state index contributed by atoms with van der Waals surface area (Å²) in [5.74, 6) is -0.395. The minimum absolute atomic E-state index is 0.121. The summed E-state index contributed by atoms with van der Waals surface area (Å²) in [6, 6.07) is 10.3. The number of carbonyl (C=O) groups excluding carboxylic acids is 1. The van der Waals surface area contributed by atoms with E-state index in [1.54, 1.807) is 12.1 Å². The number of hydrogen-bond donors (Lipinski definition) is 1. The summed E-state index contributed by atoms with van der Waals surface area (Å²) in [7, 11) is 0. The number of nitro groups is 1. The van der Waals surface area contributed by atoms with Gasteiger partial charge in [0.15, 0.2) is 4.34 Å². The van der Waals surface area contributed by atoms with E-state index < -0.39 is 10.8 Å². The van der Waals surface area contributed by atoms with Crippen molar-refractivity contribution in [1.29, 1.82) is 0 Å². The maximum absolute atomic E-state index is 12.6. The molecule has 1 aromatic carbocycles. The lowest BCUT2D eigenvalue weighted by Crippen LogP contribution is -2.23. The van der Waals surface area contributed by atoms with Crippen LogP contribution in [0.3, 0.4) is 0 Å². The van der Waals surface area contributed by atoms with Gasteiger partial charge in [0.2, 0.25) is 0 Å². The highest BCUT2D eigenvalue weighted by atomic mass is 32.2. The Kier molecular flexibility index (Phi) is 5.51. The summed E-state index contributed by atoms with van der Waals surface area (Å²) in [5, 5.41) is 16.2. The van der Waals surface area contributed by atoms with Gasteiger partial charge in [-0.25, -0.2) is 9.97 Å². The first-order chi connectivity index (χ1) is 14.4. The van der Waals surface area contributed by atoms with Crippen molar-refractivity contribution in [1.82, 2.24) is 19.7 Å². The third-order valence-electron chi connectivity index (χ3n) is 4.39. The molecular formula is C20H17N5O3S2. The Hall–Kier alpha value is -3.24. The molecule has 152 valence electrons. The van der Waals surface area contributed by atoms with E-state index in [-0.39, 0.29) is 17.8 Å². The molecule has 0 spiro atoms. The molecule has 30 heavy (non-hydrogen) atoms. The van der Waals surface area contributed by atoms with Gasteiger partial charge in [0.25, 0.3) is 11.6 Å². The Bertz CT molecular complexity index is 1260. The zero-order valence-corrected chi connectivity index (χ0v) is 17.8. The topological polar surface area (TPSA) is 102 Å². The Balaban J connectivity index is 1.50. The molecule has 4 rings (SSSR count). The van der Waals surface area contributed by atoms with Crippen molar-refractivity contribution in [3.05, 3.63) is 80.7 Å². The highest BCUT2D eigenvalue weighted by Crippen LogP contribution is 2.36. The van der Waals surface area contributed by atoms with Gasteiger partial charge >= 0.3 is 0 Å². The van der Waals surface area contributed by atoms with Crippen LogP contribution in [0, 0.1) is 24.0 Å². The van der Waals surface area contributed by atoms with E-state index in [0.29, 0.717) is 10.6 Å². The molecule has 0 aliphatic rings. The van der Waals surface area contributed by atoms with Crippen LogP contribution in [0.2, 0.25) is 0 Å². The standard InChI is InChI=1S/C20H17N5O3S2/c1-12-11-29-20(22-12)30-17-7-6-14(8-16(17)25(27)28)19(26)21-9-15-10-24-13(2)4-3-5-18(24)23-15/h3-8,10-11H,9H2,1-2H3,(H,21,26). The van der Waals surface area contributed by atoms with Crippen molar-refractivity contribution < 1.29 is 9.72 Å². The number of aromatic nitrogens is 3. The number of aryl methyl sites for hydroxylation is 2. The molecule has 1 N–H and O–H groups in total. The average Bonchev–Trinajstić information content (AvgIpc) is 3.32. The Morgan fingerprint density at radius 1 is 1.27 bits per heavy atom. The number of benzene rings is 1. The van der Waals surface area contributed by atoms with Gasteiger partial charge in [-0.1, -0.05) is 17.8 Å². The van der Waals surface area contributed by atoms with E-state index in [9.17, 15) is 14.9 Å². The van der Waals surface area contributed by atoms with E-state index in [1.807, 2.05) is 48.0 Å². The number of amides is 1. The van der Waals surface area contributed by atoms with Crippen molar-refractivity contribution in [2.45, 2.75) is 29.6 Å². The van der Waals surface area contributed by atoms with Crippen molar-refractivity contribution >= 4 is 40.3 Å². The lowest BCUT2D eigenvalue weighted by molar-refractivity contribution is -0.387. The first-order valence-corrected chi connectivity index (χ1v) is 10.7. The minimum atomic E-state index is -0.482. The summed E-state index contributed by atoms with van der Waals surface area (Å²) in [6.45, 7) is 4.07. The number of hydrogen-bond acceptors (Lipinski definition) is 7. The van der Waals surface area contributed by atoms with E-state index in [1.165, 1.54) is 29.2 Å². The first-order valence-electron chi connectivity index (χ1n) is 9.01. The number of nitrogens with zero attached hydrogens (tertiary/aromatic N) is 4. The van der Waals surface area contributed by atoms with Crippen LogP contribution in [0.4, 0.5) is 5.69 Å². The molecule has 8 nitrogen and oxygen atoms in total. The second kappa shape index (κ2) is 8.25. The fourth-order valence-corrected chi connectivity index (χ4v) is 4.80. The molecule has 0 atom stereocenters. The number of imidazole rings is 1. The second-order valence-electron chi connectivity index (χ2n) is 6.61. The number of nitrogens with one attached hydrogen (secondary N) is 1. The van der Waals surface area contributed by atoms with Crippen LogP contribution in [-0.4, -0.2) is 25.2 Å². The number of pyridine rings is 1. The van der Waals surface area contributed by atoms with Gasteiger partial charge in [-0.3, -0.25) is 14.9 Å². The van der Waals surface area contributed by atoms with Gasteiger partial charge in [-0.05, 0) is 38.1 Å². The fourth-order valence-electron chi connectivity index (χ4n) is 2.92. The molecule has 10 heteroatoms. The van der Waals surface area contributed by atoms with Gasteiger partial charge in [-0.15, -0.1) is 11.3 Å². The van der Waals surface area contributed by atoms with E-state index in [2.05, 4.69) is 15.3 Å². The third-order valence-corrected chi connectivity index (χ3v) is 6.51. The van der Waals surface area contributed by atoms with Gasteiger partial charge in [0.1, 0.15) is 5.65 Å². The lowest BCUT2D eigenvalue weighted by atomic mass is 10.2. The predicted molar refractivity (Wildman–Crippen MR) is 115 cm³/mol. The van der Waals surface area contributed by atoms with Crippen LogP contribution in [0.1, 0.15) is 27.4 Å². The maximum atomic E-state index is 12.6. The molecule has 0 aliphatic carbocycles. The quantitative estimate of drug-likeness (QED) is 0.353. The molecule has 3 heterocycles. The summed E-state index contributed by atoms with van der Waals surface area (Å²) < 4.78 is 2.66. The van der Waals surface area contributed by atoms with Crippen molar-refractivity contribution in [2.24, 2.45) is 0 Å². The number of nitro benzene ring substituents is 1. The van der Waals surface area contributed by atoms with Crippen LogP contribution in [0.5, 0.6) is 0 Å². The van der Waals surface area contributed by atoms with Crippen LogP contribution in [0.15, 0.2) is 57.2 Å². The normalized spacial score (nSPS) is 11.0. The van der Waals surface area contributed by atoms with Gasteiger partial charge in [-0.2, -0.15) is 0 Å². The second-order valence-corrected chi connectivity index (χ2v) is 8.75. The largest absolute Gasteiger partial charge is 0.346 e. The molecule has 1 amide bonds. The molecule has 0 saturated carbocycles. The van der Waals surface area contributed by atoms with Crippen molar-refractivity contribution in [3.63, 3.8) is 0 Å². The summed E-state index contributed by atoms with van der Waals surface area (Å²) >= 11 is 2.64. The molecule has 0 fully saturated rings. The summed E-state index contributed by atoms with van der Waals surface area (Å²) in [5.41, 5.74) is 3.51. The number of thiazole rings is 1. The molecule has 0 radical (unpaired) electrons. The first kappa shape index (κ1) is 20.0. The number of fused-ring (bicyclic) bond motifs is 1. The predicted octanol–water partition coefficient (Wildman–Crippen LogP) is 4.40. The van der Waals surface area contributed by atoms with Crippen LogP contribution in [0.25, 0.3) is 5.65 Å². The Labute approximate surface area is 180 Å². The SMILES string of the molecule is Cc1csc(Sc2ccc(C(=O)NCc3cn4c(C)cccc4n3)cc2[N+](=O)[O-])n1. The number of rotatable bonds is 6. The highest BCUT2D eigenvalue weighted by Gasteiger charge is 2.19. The molecule has 3 aromatic heterocycles. The average molecular weight is 440 g/mol. The van der Waals surface area contributed by atoms with Gasteiger partial charge < -0.3 is 9.72 Å². The number of carbonyl (C=O) groups is 1. The molecule has 0 unspecified atom stereocenters. The lowest BCUT2D eigenvalue weighted by Gasteiger charge is -2.06. The Morgan fingerprint density at radius 2 is 2.10 bits per heavy atom.